The molecule has 1 saturated carbocycles. The molecule has 1 aliphatic rings. The predicted molar refractivity (Wildman–Crippen MR) is 71.5 cm³/mol. The van der Waals surface area contributed by atoms with Crippen LogP contribution in [0.2, 0.25) is 0 Å². The van der Waals surface area contributed by atoms with Gasteiger partial charge in [0, 0.05) is 6.04 Å². The number of nitrogen functional groups attached to an aromatic ring is 1. The zero-order valence-corrected chi connectivity index (χ0v) is 10.8. The zero-order chi connectivity index (χ0) is 13.8. The quantitative estimate of drug-likeness (QED) is 0.430. The molecule has 0 unspecified atom stereocenters. The molecular weight excluding hydrogens is 248 g/mol. The number of anilines is 2. The van der Waals surface area contributed by atoms with Crippen LogP contribution in [0.4, 0.5) is 17.5 Å². The van der Waals surface area contributed by atoms with Crippen LogP contribution in [-0.2, 0) is 0 Å². The van der Waals surface area contributed by atoms with E-state index in [-0.39, 0.29) is 23.5 Å². The number of hydrogen-bond acceptors (Lipinski definition) is 7. The summed E-state index contributed by atoms with van der Waals surface area (Å²) in [5.41, 5.74) is 2.17. The van der Waals surface area contributed by atoms with Crippen molar-refractivity contribution in [3.8, 4) is 0 Å². The number of hydrazine groups is 1. The molecule has 4 N–H and O–H groups in total. The fraction of sp³-hybridized carbons (Fsp3) is 0.636. The van der Waals surface area contributed by atoms with Crippen molar-refractivity contribution in [1.29, 1.82) is 0 Å². The molecule has 1 aromatic heterocycles. The maximum absolute atomic E-state index is 10.9. The summed E-state index contributed by atoms with van der Waals surface area (Å²) < 4.78 is 0. The number of rotatable bonds is 4. The molecule has 0 aromatic carbocycles. The monoisotopic (exact) mass is 266 g/mol. The Morgan fingerprint density at radius 1 is 1.42 bits per heavy atom. The first kappa shape index (κ1) is 13.5. The van der Waals surface area contributed by atoms with Crippen molar-refractivity contribution in [2.24, 2.45) is 11.8 Å². The average molecular weight is 266 g/mol. The van der Waals surface area contributed by atoms with Crippen LogP contribution >= 0.6 is 0 Å². The SMILES string of the molecule is CC1CCC(Nc2nc(NN)ncc2[N+](=O)[O-])CC1. The number of nitrogens with one attached hydrogen (secondary N) is 2. The Morgan fingerprint density at radius 2 is 2.11 bits per heavy atom. The lowest BCUT2D eigenvalue weighted by Gasteiger charge is -2.27. The van der Waals surface area contributed by atoms with Crippen LogP contribution < -0.4 is 16.6 Å². The van der Waals surface area contributed by atoms with Gasteiger partial charge in [0.25, 0.3) is 0 Å². The average Bonchev–Trinajstić information content (AvgIpc) is 2.41. The van der Waals surface area contributed by atoms with Crippen LogP contribution in [0, 0.1) is 16.0 Å². The summed E-state index contributed by atoms with van der Waals surface area (Å²) in [6.45, 7) is 2.22. The van der Waals surface area contributed by atoms with Gasteiger partial charge < -0.3 is 5.32 Å². The van der Waals surface area contributed by atoms with E-state index in [4.69, 9.17) is 5.84 Å². The van der Waals surface area contributed by atoms with Gasteiger partial charge in [0.05, 0.1) is 4.92 Å². The number of hydrogen-bond donors (Lipinski definition) is 3. The van der Waals surface area contributed by atoms with E-state index in [0.29, 0.717) is 0 Å². The molecule has 2 rings (SSSR count). The smallest absolute Gasteiger partial charge is 0.329 e. The van der Waals surface area contributed by atoms with E-state index in [1.807, 2.05) is 0 Å². The second-order valence-corrected chi connectivity index (χ2v) is 4.93. The van der Waals surface area contributed by atoms with Crippen LogP contribution in [0.25, 0.3) is 0 Å². The maximum Gasteiger partial charge on any atom is 0.329 e. The fourth-order valence-electron chi connectivity index (χ4n) is 2.28. The third-order valence-electron chi connectivity index (χ3n) is 3.45. The minimum atomic E-state index is -0.492. The first-order valence-corrected chi connectivity index (χ1v) is 6.34. The van der Waals surface area contributed by atoms with Gasteiger partial charge in [0.1, 0.15) is 6.20 Å². The van der Waals surface area contributed by atoms with E-state index in [1.165, 1.54) is 0 Å². The van der Waals surface area contributed by atoms with Gasteiger partial charge in [-0.1, -0.05) is 6.92 Å². The minimum absolute atomic E-state index is 0.127. The van der Waals surface area contributed by atoms with Crippen molar-refractivity contribution in [3.63, 3.8) is 0 Å². The van der Waals surface area contributed by atoms with Gasteiger partial charge in [0.2, 0.25) is 11.8 Å². The third-order valence-corrected chi connectivity index (χ3v) is 3.45. The molecule has 0 aliphatic heterocycles. The zero-order valence-electron chi connectivity index (χ0n) is 10.8. The van der Waals surface area contributed by atoms with Crippen molar-refractivity contribution in [2.75, 3.05) is 10.7 Å². The molecule has 1 heterocycles. The molecule has 8 nitrogen and oxygen atoms in total. The van der Waals surface area contributed by atoms with Gasteiger partial charge in [0.15, 0.2) is 0 Å². The van der Waals surface area contributed by atoms with Crippen LogP contribution in [0.5, 0.6) is 0 Å². The van der Waals surface area contributed by atoms with Crippen molar-refractivity contribution in [3.05, 3.63) is 16.3 Å². The number of nitrogens with zero attached hydrogens (tertiary/aromatic N) is 3. The van der Waals surface area contributed by atoms with E-state index in [2.05, 4.69) is 27.6 Å². The Balaban J connectivity index is 2.15. The van der Waals surface area contributed by atoms with Gasteiger partial charge in [-0.05, 0) is 31.6 Å². The highest BCUT2D eigenvalue weighted by Crippen LogP contribution is 2.29. The summed E-state index contributed by atoms with van der Waals surface area (Å²) in [4.78, 5) is 18.2. The molecule has 19 heavy (non-hydrogen) atoms. The fourth-order valence-corrected chi connectivity index (χ4v) is 2.28. The largest absolute Gasteiger partial charge is 0.361 e. The Hall–Kier alpha value is -1.96. The van der Waals surface area contributed by atoms with Crippen molar-refractivity contribution >= 4 is 17.5 Å². The molecule has 1 aromatic rings. The molecule has 0 spiro atoms. The summed E-state index contributed by atoms with van der Waals surface area (Å²) >= 11 is 0. The van der Waals surface area contributed by atoms with E-state index >= 15 is 0 Å². The Morgan fingerprint density at radius 3 is 2.68 bits per heavy atom. The lowest BCUT2D eigenvalue weighted by Crippen LogP contribution is -2.26. The van der Waals surface area contributed by atoms with Gasteiger partial charge in [-0.3, -0.25) is 15.5 Å². The van der Waals surface area contributed by atoms with Crippen molar-refractivity contribution < 1.29 is 4.92 Å². The Labute approximate surface area is 110 Å². The maximum atomic E-state index is 10.9. The summed E-state index contributed by atoms with van der Waals surface area (Å²) in [6.07, 6.45) is 5.40. The van der Waals surface area contributed by atoms with Crippen LogP contribution in [-0.4, -0.2) is 20.9 Å². The van der Waals surface area contributed by atoms with Gasteiger partial charge >= 0.3 is 5.69 Å². The molecule has 1 aliphatic carbocycles. The topological polar surface area (TPSA) is 119 Å². The first-order valence-electron chi connectivity index (χ1n) is 6.34. The Bertz CT molecular complexity index is 458. The number of nitrogens with two attached hydrogens (primary N) is 1. The molecular formula is C11H18N6O2. The minimum Gasteiger partial charge on any atom is -0.361 e. The molecule has 0 saturated heterocycles. The second-order valence-electron chi connectivity index (χ2n) is 4.93. The third kappa shape index (κ3) is 3.28. The van der Waals surface area contributed by atoms with E-state index < -0.39 is 4.92 Å². The highest BCUT2D eigenvalue weighted by atomic mass is 16.6. The molecule has 1 fully saturated rings. The summed E-state index contributed by atoms with van der Waals surface area (Å²) in [5.74, 6) is 6.34. The molecule has 0 radical (unpaired) electrons. The highest BCUT2D eigenvalue weighted by molar-refractivity contribution is 5.57. The normalized spacial score (nSPS) is 22.8. The second kappa shape index (κ2) is 5.79. The van der Waals surface area contributed by atoms with Gasteiger partial charge in [-0.2, -0.15) is 4.98 Å². The van der Waals surface area contributed by atoms with E-state index in [1.54, 1.807) is 0 Å². The summed E-state index contributed by atoms with van der Waals surface area (Å²) in [6, 6.07) is 0.218. The lowest BCUT2D eigenvalue weighted by atomic mass is 9.87. The summed E-state index contributed by atoms with van der Waals surface area (Å²) in [7, 11) is 0. The lowest BCUT2D eigenvalue weighted by molar-refractivity contribution is -0.384. The summed E-state index contributed by atoms with van der Waals surface area (Å²) in [5, 5.41) is 14.1. The number of aromatic nitrogens is 2. The van der Waals surface area contributed by atoms with Gasteiger partial charge in [-0.25, -0.2) is 10.8 Å². The molecule has 0 bridgehead atoms. The Kier molecular flexibility index (Phi) is 4.10. The van der Waals surface area contributed by atoms with E-state index in [0.717, 1.165) is 37.8 Å². The van der Waals surface area contributed by atoms with Crippen LogP contribution in [0.3, 0.4) is 0 Å². The molecule has 8 heteroatoms. The first-order chi connectivity index (χ1) is 9.10. The van der Waals surface area contributed by atoms with Crippen molar-refractivity contribution in [2.45, 2.75) is 38.6 Å². The molecule has 0 amide bonds. The van der Waals surface area contributed by atoms with Gasteiger partial charge in [-0.15, -0.1) is 0 Å². The predicted octanol–water partition coefficient (Wildman–Crippen LogP) is 1.66. The number of nitro groups is 1. The van der Waals surface area contributed by atoms with Crippen molar-refractivity contribution in [1.82, 2.24) is 9.97 Å². The highest BCUT2D eigenvalue weighted by Gasteiger charge is 2.23. The van der Waals surface area contributed by atoms with E-state index in [9.17, 15) is 10.1 Å². The molecule has 0 atom stereocenters. The standard InChI is InChI=1S/C11H18N6O2/c1-7-2-4-8(5-3-7)14-10-9(17(18)19)6-13-11(15-10)16-12/h6-8H,2-5,12H2,1H3,(H2,13,14,15,16). The van der Waals surface area contributed by atoms with Crippen LogP contribution in [0.15, 0.2) is 6.20 Å². The van der Waals surface area contributed by atoms with Crippen LogP contribution in [0.1, 0.15) is 32.6 Å². The molecule has 104 valence electrons.